The fourth-order valence-corrected chi connectivity index (χ4v) is 10.0. The van der Waals surface area contributed by atoms with Crippen LogP contribution in [0.1, 0.15) is 79.1 Å². The molecule has 35 heavy (non-hydrogen) atoms. The summed E-state index contributed by atoms with van der Waals surface area (Å²) in [5, 5.41) is 2.25. The number of hydrogen-bond acceptors (Lipinski definition) is 3. The van der Waals surface area contributed by atoms with E-state index < -0.39 is 8.32 Å². The van der Waals surface area contributed by atoms with Crippen LogP contribution in [0, 0.1) is 5.92 Å². The number of esters is 1. The smallest absolute Gasteiger partial charge is 0.335 e. The van der Waals surface area contributed by atoms with Gasteiger partial charge in [-0.2, -0.15) is 0 Å². The van der Waals surface area contributed by atoms with Crippen molar-refractivity contribution in [1.29, 1.82) is 0 Å². The molecule has 0 heterocycles. The van der Waals surface area contributed by atoms with E-state index in [0.717, 1.165) is 31.6 Å². The van der Waals surface area contributed by atoms with Crippen molar-refractivity contribution in [1.82, 2.24) is 0 Å². The average Bonchev–Trinajstić information content (AvgIpc) is 2.86. The van der Waals surface area contributed by atoms with Crippen LogP contribution >= 0.6 is 0 Å². The Hall–Kier alpha value is -2.17. The first-order valence-electron chi connectivity index (χ1n) is 13.4. The van der Waals surface area contributed by atoms with Crippen LogP contribution in [0.15, 0.2) is 72.8 Å². The number of unbranched alkanes of at least 4 members (excludes halogenated alkanes) is 2. The molecule has 0 saturated heterocycles. The second-order valence-electron chi connectivity index (χ2n) is 11.1. The fourth-order valence-electron chi connectivity index (χ4n) is 5.47. The lowest BCUT2D eigenvalue weighted by Crippen LogP contribution is -2.66. The van der Waals surface area contributed by atoms with E-state index in [1.54, 1.807) is 0 Å². The molecule has 0 amide bonds. The van der Waals surface area contributed by atoms with Crippen molar-refractivity contribution in [2.45, 2.75) is 90.2 Å². The highest BCUT2D eigenvalue weighted by Crippen LogP contribution is 2.37. The van der Waals surface area contributed by atoms with Crippen molar-refractivity contribution >= 4 is 24.7 Å². The molecule has 3 nitrogen and oxygen atoms in total. The van der Waals surface area contributed by atoms with Gasteiger partial charge in [0.15, 0.2) is 0 Å². The lowest BCUT2D eigenvalue weighted by atomic mass is 9.84. The highest BCUT2D eigenvalue weighted by molar-refractivity contribution is 6.99. The van der Waals surface area contributed by atoms with Crippen LogP contribution in [0.4, 0.5) is 0 Å². The molecule has 0 radical (unpaired) electrons. The summed E-state index contributed by atoms with van der Waals surface area (Å²) in [6, 6.07) is 21.0. The highest BCUT2D eigenvalue weighted by Gasteiger charge is 2.50. The normalized spacial score (nSPS) is 18.7. The third kappa shape index (κ3) is 6.95. The van der Waals surface area contributed by atoms with E-state index in [-0.39, 0.29) is 23.7 Å². The molecule has 2 aromatic rings. The lowest BCUT2D eigenvalue weighted by Gasteiger charge is -2.43. The minimum Gasteiger partial charge on any atom is -0.459 e. The third-order valence-corrected chi connectivity index (χ3v) is 12.4. The van der Waals surface area contributed by atoms with Crippen LogP contribution < -0.4 is 10.4 Å². The van der Waals surface area contributed by atoms with Crippen LogP contribution in [0.3, 0.4) is 0 Å². The van der Waals surface area contributed by atoms with Crippen molar-refractivity contribution in [2.24, 2.45) is 5.92 Å². The molecule has 2 aromatic carbocycles. The van der Waals surface area contributed by atoms with Gasteiger partial charge >= 0.3 is 5.97 Å². The van der Waals surface area contributed by atoms with Crippen molar-refractivity contribution in [3.8, 4) is 0 Å². The summed E-state index contributed by atoms with van der Waals surface area (Å²) in [6.07, 6.45) is 9.48. The minimum atomic E-state index is -2.70. The van der Waals surface area contributed by atoms with E-state index in [9.17, 15) is 4.79 Å². The topological polar surface area (TPSA) is 35.5 Å². The molecule has 0 spiro atoms. The Bertz CT molecular complexity index is 885. The molecule has 0 bridgehead atoms. The summed E-state index contributed by atoms with van der Waals surface area (Å²) in [5.41, 5.74) is 0.406. The Morgan fingerprint density at radius 2 is 1.46 bits per heavy atom. The zero-order valence-corrected chi connectivity index (χ0v) is 23.2. The Labute approximate surface area is 214 Å². The Morgan fingerprint density at radius 1 is 0.914 bits per heavy atom. The maximum Gasteiger partial charge on any atom is 0.335 e. The van der Waals surface area contributed by atoms with Gasteiger partial charge < -0.3 is 9.16 Å². The van der Waals surface area contributed by atoms with E-state index in [2.05, 4.69) is 82.8 Å². The Morgan fingerprint density at radius 3 is 1.94 bits per heavy atom. The second kappa shape index (κ2) is 12.7. The van der Waals surface area contributed by atoms with Crippen molar-refractivity contribution < 1.29 is 14.0 Å². The van der Waals surface area contributed by atoms with Crippen molar-refractivity contribution in [3.63, 3.8) is 0 Å². The first kappa shape index (κ1) is 27.4. The molecule has 1 fully saturated rings. The van der Waals surface area contributed by atoms with Crippen molar-refractivity contribution in [2.75, 3.05) is 6.61 Å². The van der Waals surface area contributed by atoms with Crippen LogP contribution in [0.25, 0.3) is 0 Å². The zero-order valence-electron chi connectivity index (χ0n) is 22.2. The monoisotopic (exact) mass is 492 g/mol. The quantitative estimate of drug-likeness (QED) is 0.150. The standard InChI is InChI=1S/C31H44O3Si/c1-6-7-10-15-26-20-22-27(23-21-26)34-30(32)25(2)24-33-35(31(3,4)5,28-16-11-8-12-17-28)29-18-13-9-14-19-29/h8-9,11-14,16-19,26-27H,2,6-7,10,15,20-24H2,1,3-5H3. The number of hydrogen-bond donors (Lipinski definition) is 0. The van der Waals surface area contributed by atoms with Gasteiger partial charge in [-0.25, -0.2) is 4.79 Å². The number of carbonyl (C=O) groups excluding carboxylic acids is 1. The largest absolute Gasteiger partial charge is 0.459 e. The highest BCUT2D eigenvalue weighted by atomic mass is 28.4. The summed E-state index contributed by atoms with van der Waals surface area (Å²) in [4.78, 5) is 13.0. The molecular weight excluding hydrogens is 448 g/mol. The van der Waals surface area contributed by atoms with Crippen LogP contribution in [-0.4, -0.2) is 27.0 Å². The van der Waals surface area contributed by atoms with E-state index in [0.29, 0.717) is 5.57 Å². The molecule has 1 aliphatic rings. The number of carbonyl (C=O) groups is 1. The molecule has 1 aliphatic carbocycles. The minimum absolute atomic E-state index is 0.00883. The number of rotatable bonds is 11. The SMILES string of the molecule is C=C(CO[Si](c1ccccc1)(c1ccccc1)C(C)(C)C)C(=O)OC1CCC(CCCCC)CC1. The van der Waals surface area contributed by atoms with Gasteiger partial charge in [0.05, 0.1) is 12.2 Å². The fraction of sp³-hybridized carbons (Fsp3) is 0.516. The first-order valence-corrected chi connectivity index (χ1v) is 15.3. The second-order valence-corrected chi connectivity index (χ2v) is 15.4. The van der Waals surface area contributed by atoms with E-state index in [1.807, 2.05) is 12.1 Å². The van der Waals surface area contributed by atoms with Gasteiger partial charge in [0.2, 0.25) is 0 Å². The van der Waals surface area contributed by atoms with Crippen molar-refractivity contribution in [3.05, 3.63) is 72.8 Å². The molecule has 0 atom stereocenters. The average molecular weight is 493 g/mol. The molecule has 3 rings (SSSR count). The lowest BCUT2D eigenvalue weighted by molar-refractivity contribution is -0.146. The number of benzene rings is 2. The molecule has 190 valence electrons. The van der Waals surface area contributed by atoms with Gasteiger partial charge in [0.1, 0.15) is 6.10 Å². The number of ether oxygens (including phenoxy) is 1. The molecule has 0 unspecified atom stereocenters. The van der Waals surface area contributed by atoms with Gasteiger partial charge in [-0.05, 0) is 47.0 Å². The van der Waals surface area contributed by atoms with E-state index in [1.165, 1.54) is 36.1 Å². The molecule has 0 aromatic heterocycles. The summed E-state index contributed by atoms with van der Waals surface area (Å²) in [5.74, 6) is 0.482. The zero-order chi connectivity index (χ0) is 25.3. The van der Waals surface area contributed by atoms with E-state index >= 15 is 0 Å². The van der Waals surface area contributed by atoms with Gasteiger partial charge in [-0.3, -0.25) is 0 Å². The maximum absolute atomic E-state index is 13.0. The third-order valence-electron chi connectivity index (χ3n) is 7.45. The molecule has 0 aliphatic heterocycles. The first-order chi connectivity index (χ1) is 16.8. The molecule has 4 heteroatoms. The predicted molar refractivity (Wildman–Crippen MR) is 149 cm³/mol. The maximum atomic E-state index is 13.0. The van der Waals surface area contributed by atoms with Gasteiger partial charge in [-0.15, -0.1) is 0 Å². The molecule has 1 saturated carbocycles. The van der Waals surface area contributed by atoms with Gasteiger partial charge in [-0.1, -0.05) is 121 Å². The Balaban J connectivity index is 1.67. The summed E-state index contributed by atoms with van der Waals surface area (Å²) in [6.45, 7) is 13.2. The molecular formula is C31H44O3Si. The summed E-state index contributed by atoms with van der Waals surface area (Å²) < 4.78 is 12.7. The predicted octanol–water partition coefficient (Wildman–Crippen LogP) is 6.80. The Kier molecular flexibility index (Phi) is 9.94. The van der Waals surface area contributed by atoms with Gasteiger partial charge in [0.25, 0.3) is 8.32 Å². The summed E-state index contributed by atoms with van der Waals surface area (Å²) in [7, 11) is -2.70. The van der Waals surface area contributed by atoms with E-state index in [4.69, 9.17) is 9.16 Å². The van der Waals surface area contributed by atoms with Crippen LogP contribution in [0.5, 0.6) is 0 Å². The van der Waals surface area contributed by atoms with Gasteiger partial charge in [0, 0.05) is 0 Å². The summed E-state index contributed by atoms with van der Waals surface area (Å²) >= 11 is 0. The molecule has 0 N–H and O–H groups in total. The van der Waals surface area contributed by atoms with Crippen LogP contribution in [0.2, 0.25) is 5.04 Å². The van der Waals surface area contributed by atoms with Crippen LogP contribution in [-0.2, 0) is 14.0 Å².